The summed E-state index contributed by atoms with van der Waals surface area (Å²) in [5.41, 5.74) is 4.02. The van der Waals surface area contributed by atoms with Crippen LogP contribution in [0.4, 0.5) is 0 Å². The minimum absolute atomic E-state index is 0.154. The lowest BCUT2D eigenvalue weighted by Gasteiger charge is -2.32. The SMILES string of the molecule is Cc1cccc(CN2CCC(c3ccnn3CCO)CC2)c1. The van der Waals surface area contributed by atoms with Gasteiger partial charge in [0.15, 0.2) is 0 Å². The molecule has 0 unspecified atom stereocenters. The third kappa shape index (κ3) is 3.57. The first kappa shape index (κ1) is 15.3. The van der Waals surface area contributed by atoms with Crippen LogP contribution in [-0.2, 0) is 13.1 Å². The number of hydrogen-bond donors (Lipinski definition) is 1. The van der Waals surface area contributed by atoms with E-state index in [0.29, 0.717) is 12.5 Å². The molecule has 0 bridgehead atoms. The molecule has 2 heterocycles. The lowest BCUT2D eigenvalue weighted by molar-refractivity contribution is 0.199. The summed E-state index contributed by atoms with van der Waals surface area (Å²) in [6.45, 7) is 6.21. The van der Waals surface area contributed by atoms with Gasteiger partial charge < -0.3 is 5.11 Å². The maximum absolute atomic E-state index is 9.12. The summed E-state index contributed by atoms with van der Waals surface area (Å²) in [4.78, 5) is 2.54. The number of aliphatic hydroxyl groups is 1. The van der Waals surface area contributed by atoms with Crippen molar-refractivity contribution in [3.8, 4) is 0 Å². The first-order chi connectivity index (χ1) is 10.8. The van der Waals surface area contributed by atoms with Crippen LogP contribution >= 0.6 is 0 Å². The average Bonchev–Trinajstić information content (AvgIpc) is 2.97. The van der Waals surface area contributed by atoms with Gasteiger partial charge in [0.05, 0.1) is 13.2 Å². The van der Waals surface area contributed by atoms with Crippen molar-refractivity contribution in [3.05, 3.63) is 53.3 Å². The van der Waals surface area contributed by atoms with E-state index < -0.39 is 0 Å². The first-order valence-corrected chi connectivity index (χ1v) is 8.17. The monoisotopic (exact) mass is 299 g/mol. The number of aliphatic hydroxyl groups excluding tert-OH is 1. The molecular formula is C18H25N3O. The molecule has 0 aliphatic carbocycles. The Balaban J connectivity index is 1.57. The Hall–Kier alpha value is -1.65. The first-order valence-electron chi connectivity index (χ1n) is 8.17. The number of benzene rings is 1. The van der Waals surface area contributed by atoms with E-state index in [2.05, 4.69) is 47.3 Å². The summed E-state index contributed by atoms with van der Waals surface area (Å²) in [6.07, 6.45) is 4.19. The molecule has 3 rings (SSSR count). The van der Waals surface area contributed by atoms with Crippen LogP contribution in [0.5, 0.6) is 0 Å². The Bertz CT molecular complexity index is 600. The van der Waals surface area contributed by atoms with E-state index in [1.807, 2.05) is 10.9 Å². The molecule has 22 heavy (non-hydrogen) atoms. The van der Waals surface area contributed by atoms with Gasteiger partial charge in [0.2, 0.25) is 0 Å². The predicted octanol–water partition coefficient (Wildman–Crippen LogP) is 2.56. The highest BCUT2D eigenvalue weighted by Crippen LogP contribution is 2.28. The van der Waals surface area contributed by atoms with Crippen LogP contribution in [0.25, 0.3) is 0 Å². The highest BCUT2D eigenvalue weighted by atomic mass is 16.3. The summed E-state index contributed by atoms with van der Waals surface area (Å²) in [5.74, 6) is 0.572. The molecule has 118 valence electrons. The molecule has 1 aliphatic heterocycles. The molecule has 1 aliphatic rings. The number of rotatable bonds is 5. The lowest BCUT2D eigenvalue weighted by Crippen LogP contribution is -2.33. The zero-order valence-corrected chi connectivity index (χ0v) is 13.3. The van der Waals surface area contributed by atoms with Gasteiger partial charge in [0.1, 0.15) is 0 Å². The van der Waals surface area contributed by atoms with E-state index in [4.69, 9.17) is 5.11 Å². The second-order valence-electron chi connectivity index (χ2n) is 6.24. The van der Waals surface area contributed by atoms with E-state index in [-0.39, 0.29) is 6.61 Å². The van der Waals surface area contributed by atoms with Crippen molar-refractivity contribution >= 4 is 0 Å². The molecule has 1 aromatic heterocycles. The van der Waals surface area contributed by atoms with E-state index in [0.717, 1.165) is 19.6 Å². The van der Waals surface area contributed by atoms with E-state index >= 15 is 0 Å². The molecule has 0 atom stereocenters. The molecule has 0 spiro atoms. The second-order valence-corrected chi connectivity index (χ2v) is 6.24. The second kappa shape index (κ2) is 7.07. The van der Waals surface area contributed by atoms with Gasteiger partial charge >= 0.3 is 0 Å². The van der Waals surface area contributed by atoms with Gasteiger partial charge in [-0.2, -0.15) is 5.10 Å². The molecule has 4 heteroatoms. The summed E-state index contributed by atoms with van der Waals surface area (Å²) in [6, 6.07) is 10.9. The highest BCUT2D eigenvalue weighted by Gasteiger charge is 2.23. The van der Waals surface area contributed by atoms with Gasteiger partial charge in [-0.15, -0.1) is 0 Å². The molecule has 1 fully saturated rings. The maximum atomic E-state index is 9.12. The molecule has 1 saturated heterocycles. The summed E-state index contributed by atoms with van der Waals surface area (Å²) >= 11 is 0. The number of aryl methyl sites for hydroxylation is 1. The zero-order valence-electron chi connectivity index (χ0n) is 13.3. The van der Waals surface area contributed by atoms with Crippen molar-refractivity contribution in [3.63, 3.8) is 0 Å². The van der Waals surface area contributed by atoms with Crippen molar-refractivity contribution in [2.75, 3.05) is 19.7 Å². The van der Waals surface area contributed by atoms with Gasteiger partial charge in [0, 0.05) is 24.4 Å². The van der Waals surface area contributed by atoms with Crippen LogP contribution in [0.1, 0.15) is 35.6 Å². The van der Waals surface area contributed by atoms with Gasteiger partial charge in [-0.3, -0.25) is 9.58 Å². The Labute approximate surface area is 132 Å². The summed E-state index contributed by atoms with van der Waals surface area (Å²) in [5, 5.41) is 13.4. The van der Waals surface area contributed by atoms with Crippen molar-refractivity contribution in [2.45, 2.75) is 38.8 Å². The van der Waals surface area contributed by atoms with Crippen molar-refractivity contribution in [1.29, 1.82) is 0 Å². The number of likely N-dealkylation sites (tertiary alicyclic amines) is 1. The number of hydrogen-bond acceptors (Lipinski definition) is 3. The summed E-state index contributed by atoms with van der Waals surface area (Å²) in [7, 11) is 0. The third-order valence-electron chi connectivity index (χ3n) is 4.56. The maximum Gasteiger partial charge on any atom is 0.0644 e. The van der Waals surface area contributed by atoms with Crippen LogP contribution < -0.4 is 0 Å². The minimum atomic E-state index is 0.154. The van der Waals surface area contributed by atoms with Crippen LogP contribution in [0, 0.1) is 6.92 Å². The molecule has 4 nitrogen and oxygen atoms in total. The fourth-order valence-electron chi connectivity index (χ4n) is 3.43. The number of aromatic nitrogens is 2. The van der Waals surface area contributed by atoms with E-state index in [1.54, 1.807) is 0 Å². The molecule has 0 saturated carbocycles. The average molecular weight is 299 g/mol. The quantitative estimate of drug-likeness (QED) is 0.922. The summed E-state index contributed by atoms with van der Waals surface area (Å²) < 4.78 is 1.96. The molecule has 0 radical (unpaired) electrons. The molecule has 0 amide bonds. The normalized spacial score (nSPS) is 17.0. The van der Waals surface area contributed by atoms with Gasteiger partial charge in [-0.1, -0.05) is 29.8 Å². The van der Waals surface area contributed by atoms with Crippen molar-refractivity contribution in [2.24, 2.45) is 0 Å². The number of nitrogens with zero attached hydrogens (tertiary/aromatic N) is 3. The predicted molar refractivity (Wildman–Crippen MR) is 87.7 cm³/mol. The Morgan fingerprint density at radius 1 is 1.23 bits per heavy atom. The van der Waals surface area contributed by atoms with Gasteiger partial charge in [-0.05, 0) is 44.5 Å². The largest absolute Gasteiger partial charge is 0.394 e. The standard InChI is InChI=1S/C18H25N3O/c1-15-3-2-4-16(13-15)14-20-9-6-17(7-10-20)18-5-8-19-21(18)11-12-22/h2-5,8,13,17,22H,6-7,9-12,14H2,1H3. The van der Waals surface area contributed by atoms with E-state index in [1.165, 1.54) is 29.7 Å². The van der Waals surface area contributed by atoms with Crippen molar-refractivity contribution < 1.29 is 5.11 Å². The molecule has 1 aromatic carbocycles. The lowest BCUT2D eigenvalue weighted by atomic mass is 9.93. The fourth-order valence-corrected chi connectivity index (χ4v) is 3.43. The van der Waals surface area contributed by atoms with Crippen LogP contribution in [0.3, 0.4) is 0 Å². The Morgan fingerprint density at radius 2 is 2.05 bits per heavy atom. The topological polar surface area (TPSA) is 41.3 Å². The molecular weight excluding hydrogens is 274 g/mol. The zero-order chi connectivity index (χ0) is 15.4. The Kier molecular flexibility index (Phi) is 4.90. The van der Waals surface area contributed by atoms with Crippen LogP contribution in [-0.4, -0.2) is 39.5 Å². The van der Waals surface area contributed by atoms with E-state index in [9.17, 15) is 0 Å². The van der Waals surface area contributed by atoms with Gasteiger partial charge in [-0.25, -0.2) is 0 Å². The van der Waals surface area contributed by atoms with Crippen LogP contribution in [0.2, 0.25) is 0 Å². The smallest absolute Gasteiger partial charge is 0.0644 e. The highest BCUT2D eigenvalue weighted by molar-refractivity contribution is 5.22. The molecule has 1 N–H and O–H groups in total. The van der Waals surface area contributed by atoms with Crippen molar-refractivity contribution in [1.82, 2.24) is 14.7 Å². The van der Waals surface area contributed by atoms with Crippen LogP contribution in [0.15, 0.2) is 36.5 Å². The molecule has 2 aromatic rings. The Morgan fingerprint density at radius 3 is 2.77 bits per heavy atom. The minimum Gasteiger partial charge on any atom is -0.394 e. The number of piperidine rings is 1. The van der Waals surface area contributed by atoms with Gasteiger partial charge in [0.25, 0.3) is 0 Å². The third-order valence-corrected chi connectivity index (χ3v) is 4.56. The fraction of sp³-hybridized carbons (Fsp3) is 0.500.